The molecule has 0 saturated carbocycles. The first kappa shape index (κ1) is 32.7. The van der Waals surface area contributed by atoms with Gasteiger partial charge in [0.25, 0.3) is 0 Å². The summed E-state index contributed by atoms with van der Waals surface area (Å²) in [5, 5.41) is 19.8. The van der Waals surface area contributed by atoms with Crippen LogP contribution in [0.5, 0.6) is 0 Å². The number of fused-ring (bicyclic) bond motifs is 2. The molecular formula is C34H36N10O5. The zero-order valence-corrected chi connectivity index (χ0v) is 26.3. The molecule has 6 rings (SSSR count). The Kier molecular flexibility index (Phi) is 9.80. The van der Waals surface area contributed by atoms with E-state index in [1.807, 2.05) is 48.5 Å². The number of amides is 3. The SMILES string of the molecule is NC(Cc1c[nH]c2ccccc12)C(=O)NC(Cc1cnc[nH]1)C(=O)NC(Cc1c[nH]c2ccccc12)C(=O)NC(Cc1cnc[nH]1)C(=O)O. The molecule has 0 bridgehead atoms. The number of nitrogens with two attached hydrogens (primary N) is 1. The summed E-state index contributed by atoms with van der Waals surface area (Å²) in [5.74, 6) is -3.20. The van der Waals surface area contributed by atoms with Crippen molar-refractivity contribution in [1.29, 1.82) is 0 Å². The number of carbonyl (C=O) groups excluding carboxylic acids is 3. The first-order valence-corrected chi connectivity index (χ1v) is 15.7. The number of H-pyrrole nitrogens is 4. The number of benzene rings is 2. The summed E-state index contributed by atoms with van der Waals surface area (Å²) in [6.07, 6.45) is 9.62. The Labute approximate surface area is 279 Å². The Bertz CT molecular complexity index is 2050. The smallest absolute Gasteiger partial charge is 0.326 e. The van der Waals surface area contributed by atoms with E-state index in [1.165, 1.54) is 25.0 Å². The second-order valence-corrected chi connectivity index (χ2v) is 11.8. The Hall–Kier alpha value is -6.22. The number of nitrogens with one attached hydrogen (secondary N) is 7. The molecule has 0 fully saturated rings. The van der Waals surface area contributed by atoms with E-state index in [9.17, 15) is 24.3 Å². The van der Waals surface area contributed by atoms with Crippen molar-refractivity contribution in [3.8, 4) is 0 Å². The van der Waals surface area contributed by atoms with Gasteiger partial charge in [-0.05, 0) is 29.7 Å². The molecule has 0 aliphatic heterocycles. The third kappa shape index (κ3) is 7.85. The maximum Gasteiger partial charge on any atom is 0.326 e. The monoisotopic (exact) mass is 664 g/mol. The molecule has 4 aromatic heterocycles. The number of imidazole rings is 2. The zero-order chi connectivity index (χ0) is 34.3. The van der Waals surface area contributed by atoms with Gasteiger partial charge in [-0.25, -0.2) is 14.8 Å². The lowest BCUT2D eigenvalue weighted by Gasteiger charge is -2.25. The van der Waals surface area contributed by atoms with Gasteiger partial charge in [-0.15, -0.1) is 0 Å². The van der Waals surface area contributed by atoms with Crippen LogP contribution in [0.2, 0.25) is 0 Å². The Morgan fingerprint density at radius 3 is 1.63 bits per heavy atom. The van der Waals surface area contributed by atoms with Crippen LogP contribution in [0.15, 0.2) is 86.0 Å². The van der Waals surface area contributed by atoms with E-state index < -0.39 is 47.9 Å². The molecule has 15 heteroatoms. The maximum absolute atomic E-state index is 14.0. The predicted molar refractivity (Wildman–Crippen MR) is 180 cm³/mol. The summed E-state index contributed by atoms with van der Waals surface area (Å²) in [4.78, 5) is 73.4. The van der Waals surface area contributed by atoms with Crippen molar-refractivity contribution in [2.75, 3.05) is 0 Å². The molecule has 2 aromatic carbocycles. The van der Waals surface area contributed by atoms with Gasteiger partial charge in [0.05, 0.1) is 18.7 Å². The number of rotatable bonds is 15. The van der Waals surface area contributed by atoms with Gasteiger partial charge in [0, 0.05) is 77.2 Å². The number of aliphatic carboxylic acids is 1. The number of nitrogens with zero attached hydrogens (tertiary/aromatic N) is 2. The van der Waals surface area contributed by atoms with Gasteiger partial charge in [-0.2, -0.15) is 0 Å². The molecule has 4 unspecified atom stereocenters. The van der Waals surface area contributed by atoms with Crippen LogP contribution in [-0.4, -0.2) is 82.9 Å². The molecule has 15 nitrogen and oxygen atoms in total. The number of para-hydroxylation sites is 2. The van der Waals surface area contributed by atoms with Gasteiger partial charge < -0.3 is 46.7 Å². The highest BCUT2D eigenvalue weighted by atomic mass is 16.4. The Morgan fingerprint density at radius 2 is 1.10 bits per heavy atom. The fourth-order valence-corrected chi connectivity index (χ4v) is 5.83. The van der Waals surface area contributed by atoms with E-state index >= 15 is 0 Å². The van der Waals surface area contributed by atoms with E-state index in [4.69, 9.17) is 5.73 Å². The molecular weight excluding hydrogens is 628 g/mol. The van der Waals surface area contributed by atoms with E-state index in [0.29, 0.717) is 11.4 Å². The van der Waals surface area contributed by atoms with Gasteiger partial charge in [0.15, 0.2) is 0 Å². The molecule has 10 N–H and O–H groups in total. The van der Waals surface area contributed by atoms with Crippen LogP contribution in [0.1, 0.15) is 22.5 Å². The molecule has 252 valence electrons. The largest absolute Gasteiger partial charge is 0.480 e. The quantitative estimate of drug-likeness (QED) is 0.0772. The highest BCUT2D eigenvalue weighted by molar-refractivity contribution is 5.95. The number of carboxylic acids is 1. The lowest BCUT2D eigenvalue weighted by Crippen LogP contribution is -2.58. The fraction of sp³-hybridized carbons (Fsp3) is 0.235. The number of hydrogen-bond donors (Lipinski definition) is 9. The average Bonchev–Trinajstić information content (AvgIpc) is 3.93. The minimum atomic E-state index is -1.31. The normalized spacial score (nSPS) is 13.8. The van der Waals surface area contributed by atoms with Crippen LogP contribution >= 0.6 is 0 Å². The summed E-state index contributed by atoms with van der Waals surface area (Å²) in [6, 6.07) is 10.5. The van der Waals surface area contributed by atoms with Gasteiger partial charge in [0.2, 0.25) is 17.7 Å². The molecule has 0 aliphatic carbocycles. The second-order valence-electron chi connectivity index (χ2n) is 11.8. The molecule has 0 spiro atoms. The molecule has 6 aromatic rings. The van der Waals surface area contributed by atoms with Crippen LogP contribution in [-0.2, 0) is 44.9 Å². The number of hydrogen-bond acceptors (Lipinski definition) is 7. The molecule has 0 saturated heterocycles. The van der Waals surface area contributed by atoms with Crippen molar-refractivity contribution in [2.24, 2.45) is 5.73 Å². The summed E-state index contributed by atoms with van der Waals surface area (Å²) in [7, 11) is 0. The van der Waals surface area contributed by atoms with Crippen molar-refractivity contribution in [3.63, 3.8) is 0 Å². The minimum absolute atomic E-state index is 0.0242. The van der Waals surface area contributed by atoms with E-state index in [0.717, 1.165) is 32.9 Å². The Morgan fingerprint density at radius 1 is 0.633 bits per heavy atom. The van der Waals surface area contributed by atoms with Crippen LogP contribution in [0.25, 0.3) is 21.8 Å². The predicted octanol–water partition coefficient (Wildman–Crippen LogP) is 1.23. The van der Waals surface area contributed by atoms with Gasteiger partial charge >= 0.3 is 5.97 Å². The third-order valence-electron chi connectivity index (χ3n) is 8.39. The summed E-state index contributed by atoms with van der Waals surface area (Å²) < 4.78 is 0. The lowest BCUT2D eigenvalue weighted by atomic mass is 10.0. The average molecular weight is 665 g/mol. The Balaban J connectivity index is 1.22. The van der Waals surface area contributed by atoms with Crippen LogP contribution in [0.3, 0.4) is 0 Å². The van der Waals surface area contributed by atoms with Crippen molar-refractivity contribution in [3.05, 3.63) is 108 Å². The van der Waals surface area contributed by atoms with Crippen LogP contribution in [0.4, 0.5) is 0 Å². The van der Waals surface area contributed by atoms with Crippen LogP contribution < -0.4 is 21.7 Å². The number of aromatic nitrogens is 6. The van der Waals surface area contributed by atoms with Crippen molar-refractivity contribution in [2.45, 2.75) is 49.9 Å². The maximum atomic E-state index is 14.0. The van der Waals surface area contributed by atoms with E-state index in [1.54, 1.807) is 12.4 Å². The molecule has 0 radical (unpaired) electrons. The van der Waals surface area contributed by atoms with Crippen molar-refractivity contribution in [1.82, 2.24) is 45.9 Å². The summed E-state index contributed by atoms with van der Waals surface area (Å²) in [5.41, 5.74) is 10.7. The van der Waals surface area contributed by atoms with Gasteiger partial charge in [-0.3, -0.25) is 14.4 Å². The number of aromatic amines is 4. The van der Waals surface area contributed by atoms with Crippen molar-refractivity contribution < 1.29 is 24.3 Å². The first-order chi connectivity index (χ1) is 23.7. The van der Waals surface area contributed by atoms with Crippen molar-refractivity contribution >= 4 is 45.5 Å². The highest BCUT2D eigenvalue weighted by Gasteiger charge is 2.32. The molecule has 49 heavy (non-hydrogen) atoms. The lowest BCUT2D eigenvalue weighted by molar-refractivity contribution is -0.142. The highest BCUT2D eigenvalue weighted by Crippen LogP contribution is 2.20. The summed E-state index contributed by atoms with van der Waals surface area (Å²) in [6.45, 7) is 0. The summed E-state index contributed by atoms with van der Waals surface area (Å²) >= 11 is 0. The standard InChI is InChI=1S/C34H36N10O5/c35-25(9-19-13-38-26-7-3-1-5-23(19)26)31(45)42-29(11-21-15-36-17-40-21)33(47)43-28(10-20-14-39-27-8-4-2-6-24(20)27)32(46)44-30(34(48)49)12-22-16-37-18-41-22/h1-8,13-18,25,28-30,38-39H,9-12,35H2,(H,36,40)(H,37,41)(H,42,45)(H,43,47)(H,44,46)(H,48,49). The number of carboxylic acid groups (broad SMARTS) is 1. The minimum Gasteiger partial charge on any atom is -0.480 e. The van der Waals surface area contributed by atoms with Gasteiger partial charge in [0.1, 0.15) is 18.1 Å². The van der Waals surface area contributed by atoms with Gasteiger partial charge in [-0.1, -0.05) is 36.4 Å². The van der Waals surface area contributed by atoms with Crippen LogP contribution in [0, 0.1) is 0 Å². The number of carbonyl (C=O) groups is 4. The first-order valence-electron chi connectivity index (χ1n) is 15.7. The zero-order valence-electron chi connectivity index (χ0n) is 26.3. The molecule has 0 aliphatic rings. The molecule has 4 atom stereocenters. The van der Waals surface area contributed by atoms with E-state index in [2.05, 4.69) is 45.9 Å². The second kappa shape index (κ2) is 14.7. The van der Waals surface area contributed by atoms with E-state index in [-0.39, 0.29) is 25.7 Å². The molecule has 3 amide bonds. The topological polar surface area (TPSA) is 240 Å². The molecule has 4 heterocycles. The fourth-order valence-electron chi connectivity index (χ4n) is 5.83. The third-order valence-corrected chi connectivity index (χ3v) is 8.39.